The highest BCUT2D eigenvalue weighted by molar-refractivity contribution is 5.81. The normalized spacial score (nSPS) is 10.9. The number of nitrogens with zero attached hydrogens (tertiary/aromatic N) is 3. The van der Waals surface area contributed by atoms with Gasteiger partial charge in [-0.15, -0.1) is 0 Å². The topological polar surface area (TPSA) is 58.4 Å². The number of pyridine rings is 1. The molecule has 2 aromatic carbocycles. The first-order valence-electron chi connectivity index (χ1n) is 9.30. The molecule has 6 heteroatoms. The van der Waals surface area contributed by atoms with Crippen LogP contribution in [0.1, 0.15) is 11.1 Å². The number of hydrogen-bond acceptors (Lipinski definition) is 5. The molecule has 29 heavy (non-hydrogen) atoms. The third kappa shape index (κ3) is 3.49. The standard InChI is InChI=1S/C23H23N3O3/c1-15-5-6-19-18(11-15)25-23(17-7-9-24-10-8-17)26(19)14-16-12-20(27-2)22(29-4)21(13-16)28-3/h5-13H,14H2,1-4H3. The van der Waals surface area contributed by atoms with E-state index in [0.717, 1.165) is 28.0 Å². The molecule has 4 aromatic rings. The molecule has 0 saturated heterocycles. The maximum absolute atomic E-state index is 5.52. The number of aromatic nitrogens is 3. The van der Waals surface area contributed by atoms with Crippen LogP contribution in [0.4, 0.5) is 0 Å². The van der Waals surface area contributed by atoms with Gasteiger partial charge in [0.2, 0.25) is 5.75 Å². The van der Waals surface area contributed by atoms with Gasteiger partial charge in [0.05, 0.1) is 32.4 Å². The Morgan fingerprint density at radius 1 is 0.862 bits per heavy atom. The molecule has 0 fully saturated rings. The van der Waals surface area contributed by atoms with Gasteiger partial charge in [-0.2, -0.15) is 0 Å². The fraction of sp³-hybridized carbons (Fsp3) is 0.217. The van der Waals surface area contributed by atoms with Crippen molar-refractivity contribution in [3.05, 3.63) is 66.0 Å². The lowest BCUT2D eigenvalue weighted by atomic mass is 10.1. The Kier molecular flexibility index (Phi) is 5.08. The number of fused-ring (bicyclic) bond motifs is 1. The zero-order chi connectivity index (χ0) is 20.4. The van der Waals surface area contributed by atoms with Gasteiger partial charge in [0.25, 0.3) is 0 Å². The fourth-order valence-corrected chi connectivity index (χ4v) is 3.53. The molecular weight excluding hydrogens is 366 g/mol. The van der Waals surface area contributed by atoms with Crippen molar-refractivity contribution in [3.63, 3.8) is 0 Å². The molecule has 0 atom stereocenters. The zero-order valence-electron chi connectivity index (χ0n) is 17.0. The summed E-state index contributed by atoms with van der Waals surface area (Å²) in [5.41, 5.74) is 5.24. The summed E-state index contributed by atoms with van der Waals surface area (Å²) in [6, 6.07) is 14.2. The molecule has 0 N–H and O–H groups in total. The molecular formula is C23H23N3O3. The smallest absolute Gasteiger partial charge is 0.203 e. The Labute approximate surface area is 169 Å². The second-order valence-corrected chi connectivity index (χ2v) is 6.78. The minimum atomic E-state index is 0.583. The van der Waals surface area contributed by atoms with Gasteiger partial charge in [-0.05, 0) is 54.4 Å². The lowest BCUT2D eigenvalue weighted by Gasteiger charge is -2.15. The van der Waals surface area contributed by atoms with Crippen LogP contribution in [0.3, 0.4) is 0 Å². The minimum absolute atomic E-state index is 0.583. The van der Waals surface area contributed by atoms with Gasteiger partial charge in [0, 0.05) is 24.5 Å². The Balaban J connectivity index is 1.88. The third-order valence-corrected chi connectivity index (χ3v) is 4.91. The second-order valence-electron chi connectivity index (χ2n) is 6.78. The first-order valence-corrected chi connectivity index (χ1v) is 9.30. The maximum atomic E-state index is 5.52. The molecule has 0 spiro atoms. The number of rotatable bonds is 6. The lowest BCUT2D eigenvalue weighted by Crippen LogP contribution is -2.04. The Morgan fingerprint density at radius 3 is 2.17 bits per heavy atom. The average Bonchev–Trinajstić information content (AvgIpc) is 3.10. The Hall–Kier alpha value is -3.54. The van der Waals surface area contributed by atoms with Crippen LogP contribution in [0, 0.1) is 6.92 Å². The van der Waals surface area contributed by atoms with Gasteiger partial charge in [0.1, 0.15) is 5.82 Å². The van der Waals surface area contributed by atoms with Crippen LogP contribution in [0.25, 0.3) is 22.4 Å². The molecule has 0 saturated carbocycles. The number of benzene rings is 2. The van der Waals surface area contributed by atoms with Crippen molar-refractivity contribution in [3.8, 4) is 28.6 Å². The quantitative estimate of drug-likeness (QED) is 0.487. The average molecular weight is 389 g/mol. The summed E-state index contributed by atoms with van der Waals surface area (Å²) in [6.45, 7) is 2.68. The van der Waals surface area contributed by atoms with E-state index in [1.807, 2.05) is 24.3 Å². The number of ether oxygens (including phenoxy) is 3. The second kappa shape index (κ2) is 7.83. The van der Waals surface area contributed by atoms with Crippen LogP contribution < -0.4 is 14.2 Å². The Morgan fingerprint density at radius 2 is 1.55 bits per heavy atom. The highest BCUT2D eigenvalue weighted by Gasteiger charge is 2.17. The van der Waals surface area contributed by atoms with E-state index in [9.17, 15) is 0 Å². The summed E-state index contributed by atoms with van der Waals surface area (Å²) in [5, 5.41) is 0. The predicted molar refractivity (Wildman–Crippen MR) is 113 cm³/mol. The number of methoxy groups -OCH3 is 3. The summed E-state index contributed by atoms with van der Waals surface area (Å²) in [5.74, 6) is 2.74. The molecule has 4 rings (SSSR count). The van der Waals surface area contributed by atoms with Crippen LogP contribution in [0.5, 0.6) is 17.2 Å². The minimum Gasteiger partial charge on any atom is -0.493 e. The van der Waals surface area contributed by atoms with Crippen molar-refractivity contribution in [2.45, 2.75) is 13.5 Å². The largest absolute Gasteiger partial charge is 0.493 e. The predicted octanol–water partition coefficient (Wildman–Crippen LogP) is 4.48. The van der Waals surface area contributed by atoms with E-state index in [1.165, 1.54) is 5.56 Å². The Bertz CT molecular complexity index is 1130. The summed E-state index contributed by atoms with van der Waals surface area (Å²) >= 11 is 0. The highest BCUT2D eigenvalue weighted by atomic mass is 16.5. The molecule has 6 nitrogen and oxygen atoms in total. The van der Waals surface area contributed by atoms with Crippen LogP contribution in [0.15, 0.2) is 54.9 Å². The molecule has 2 heterocycles. The van der Waals surface area contributed by atoms with E-state index in [-0.39, 0.29) is 0 Å². The highest BCUT2D eigenvalue weighted by Crippen LogP contribution is 2.39. The van der Waals surface area contributed by atoms with Crippen LogP contribution >= 0.6 is 0 Å². The fourth-order valence-electron chi connectivity index (χ4n) is 3.53. The van der Waals surface area contributed by atoms with E-state index in [0.29, 0.717) is 23.8 Å². The molecule has 0 bridgehead atoms. The SMILES string of the molecule is COc1cc(Cn2c(-c3ccncc3)nc3cc(C)ccc32)cc(OC)c1OC. The molecule has 2 aromatic heterocycles. The van der Waals surface area contributed by atoms with Gasteiger partial charge >= 0.3 is 0 Å². The van der Waals surface area contributed by atoms with Gasteiger partial charge in [-0.25, -0.2) is 4.98 Å². The summed E-state index contributed by atoms with van der Waals surface area (Å²) < 4.78 is 18.7. The van der Waals surface area contributed by atoms with E-state index in [1.54, 1.807) is 33.7 Å². The van der Waals surface area contributed by atoms with Crippen molar-refractivity contribution in [1.82, 2.24) is 14.5 Å². The molecule has 0 aliphatic carbocycles. The maximum Gasteiger partial charge on any atom is 0.203 e. The van der Waals surface area contributed by atoms with Crippen molar-refractivity contribution < 1.29 is 14.2 Å². The van der Waals surface area contributed by atoms with Crippen LogP contribution in [-0.2, 0) is 6.54 Å². The van der Waals surface area contributed by atoms with Crippen molar-refractivity contribution in [2.24, 2.45) is 0 Å². The molecule has 0 aliphatic heterocycles. The van der Waals surface area contributed by atoms with E-state index < -0.39 is 0 Å². The monoisotopic (exact) mass is 389 g/mol. The number of aryl methyl sites for hydroxylation is 1. The molecule has 0 amide bonds. The van der Waals surface area contributed by atoms with Gasteiger partial charge in [-0.1, -0.05) is 6.07 Å². The third-order valence-electron chi connectivity index (χ3n) is 4.91. The van der Waals surface area contributed by atoms with Crippen LogP contribution in [-0.4, -0.2) is 35.9 Å². The van der Waals surface area contributed by atoms with Gasteiger partial charge in [-0.3, -0.25) is 4.98 Å². The number of hydrogen-bond donors (Lipinski definition) is 0. The first kappa shape index (κ1) is 18.8. The van der Waals surface area contributed by atoms with Crippen molar-refractivity contribution in [2.75, 3.05) is 21.3 Å². The summed E-state index contributed by atoms with van der Waals surface area (Å²) in [7, 11) is 4.85. The van der Waals surface area contributed by atoms with Crippen molar-refractivity contribution >= 4 is 11.0 Å². The van der Waals surface area contributed by atoms with Gasteiger partial charge < -0.3 is 18.8 Å². The summed E-state index contributed by atoms with van der Waals surface area (Å²) in [4.78, 5) is 9.04. The van der Waals surface area contributed by atoms with Gasteiger partial charge in [0.15, 0.2) is 11.5 Å². The molecule has 0 unspecified atom stereocenters. The summed E-state index contributed by atoms with van der Waals surface area (Å²) in [6.07, 6.45) is 3.56. The lowest BCUT2D eigenvalue weighted by molar-refractivity contribution is 0.323. The molecule has 148 valence electrons. The molecule has 0 aliphatic rings. The van der Waals surface area contributed by atoms with E-state index in [4.69, 9.17) is 19.2 Å². The first-order chi connectivity index (χ1) is 14.1. The molecule has 0 radical (unpaired) electrons. The zero-order valence-corrected chi connectivity index (χ0v) is 17.0. The van der Waals surface area contributed by atoms with Crippen LogP contribution in [0.2, 0.25) is 0 Å². The number of imidazole rings is 1. The van der Waals surface area contributed by atoms with Crippen molar-refractivity contribution in [1.29, 1.82) is 0 Å². The van der Waals surface area contributed by atoms with E-state index >= 15 is 0 Å². The van der Waals surface area contributed by atoms with E-state index in [2.05, 4.69) is 34.7 Å².